The number of benzene rings is 3. The Morgan fingerprint density at radius 3 is 2.24 bits per heavy atom. The number of amides is 1. The third-order valence-electron chi connectivity index (χ3n) is 7.18. The van der Waals surface area contributed by atoms with Gasteiger partial charge in [0.05, 0.1) is 5.75 Å². The lowest BCUT2D eigenvalue weighted by atomic mass is 9.98. The zero-order chi connectivity index (χ0) is 26.9. The average molecular weight is 552 g/mol. The second-order valence-corrected chi connectivity index (χ2v) is 12.2. The molecule has 1 amide bonds. The van der Waals surface area contributed by atoms with Crippen LogP contribution in [0.1, 0.15) is 28.2 Å². The van der Waals surface area contributed by atoms with Gasteiger partial charge >= 0.3 is 6.09 Å². The molecule has 196 valence electrons. The number of halogens is 1. The number of ether oxygens (including phenoxy) is 1. The maximum absolute atomic E-state index is 13.0. The van der Waals surface area contributed by atoms with E-state index in [2.05, 4.69) is 34.3 Å². The van der Waals surface area contributed by atoms with E-state index in [1.54, 1.807) is 11.0 Å². The molecule has 0 saturated carbocycles. The van der Waals surface area contributed by atoms with E-state index in [1.807, 2.05) is 36.1 Å². The summed E-state index contributed by atoms with van der Waals surface area (Å²) in [4.78, 5) is 19.5. The van der Waals surface area contributed by atoms with Crippen molar-refractivity contribution >= 4 is 37.2 Å². The summed E-state index contributed by atoms with van der Waals surface area (Å²) in [6, 6.07) is 19.7. The van der Waals surface area contributed by atoms with Gasteiger partial charge in [-0.1, -0.05) is 53.6 Å². The van der Waals surface area contributed by atoms with Gasteiger partial charge in [-0.05, 0) is 58.0 Å². The molecular weight excluding hydrogens is 526 g/mol. The number of anilines is 1. The first-order valence-electron chi connectivity index (χ1n) is 12.2. The molecule has 1 heterocycles. The SMILES string of the molecule is Cc1c(CS(=O)(=O)Cl)cc(N=[N+]=[N-])cc1N1CCN(C(=O)OCC2c3ccccc3-c3ccccc32)CC1. The van der Waals surface area contributed by atoms with Crippen LogP contribution in [0.5, 0.6) is 0 Å². The fourth-order valence-electron chi connectivity index (χ4n) is 5.33. The third kappa shape index (κ3) is 5.29. The highest BCUT2D eigenvalue weighted by Crippen LogP contribution is 2.44. The Morgan fingerprint density at radius 1 is 1.05 bits per heavy atom. The van der Waals surface area contributed by atoms with E-state index < -0.39 is 9.05 Å². The van der Waals surface area contributed by atoms with Crippen LogP contribution in [-0.2, 0) is 19.5 Å². The number of rotatable bonds is 6. The van der Waals surface area contributed by atoms with Gasteiger partial charge in [-0.3, -0.25) is 0 Å². The summed E-state index contributed by atoms with van der Waals surface area (Å²) in [6.45, 7) is 3.97. The monoisotopic (exact) mass is 551 g/mol. The largest absolute Gasteiger partial charge is 0.448 e. The molecule has 11 heteroatoms. The smallest absolute Gasteiger partial charge is 0.409 e. The number of carbonyl (C=O) groups excluding carboxylic acids is 1. The lowest BCUT2D eigenvalue weighted by molar-refractivity contribution is 0.0977. The molecule has 2 aliphatic rings. The first-order chi connectivity index (χ1) is 18.2. The van der Waals surface area contributed by atoms with Gasteiger partial charge in [0, 0.05) is 59.1 Å². The molecule has 1 fully saturated rings. The third-order valence-corrected chi connectivity index (χ3v) is 8.16. The van der Waals surface area contributed by atoms with E-state index in [0.717, 1.165) is 22.4 Å². The minimum atomic E-state index is -3.80. The van der Waals surface area contributed by atoms with Gasteiger partial charge in [0.25, 0.3) is 0 Å². The van der Waals surface area contributed by atoms with Crippen molar-refractivity contribution in [3.8, 4) is 11.1 Å². The number of piperazine rings is 1. The van der Waals surface area contributed by atoms with Crippen LogP contribution >= 0.6 is 10.7 Å². The van der Waals surface area contributed by atoms with Crippen LogP contribution in [0.15, 0.2) is 65.8 Å². The van der Waals surface area contributed by atoms with E-state index in [0.29, 0.717) is 37.4 Å². The molecule has 0 atom stereocenters. The molecule has 3 aromatic rings. The van der Waals surface area contributed by atoms with Gasteiger partial charge in [0.15, 0.2) is 0 Å². The molecule has 0 bridgehead atoms. The van der Waals surface area contributed by atoms with Crippen molar-refractivity contribution in [2.75, 3.05) is 37.7 Å². The first kappa shape index (κ1) is 25.9. The van der Waals surface area contributed by atoms with Gasteiger partial charge < -0.3 is 14.5 Å². The Hall–Kier alpha value is -3.72. The molecule has 0 unspecified atom stereocenters. The van der Waals surface area contributed by atoms with Gasteiger partial charge in [-0.25, -0.2) is 13.2 Å². The van der Waals surface area contributed by atoms with E-state index in [4.69, 9.17) is 21.0 Å². The van der Waals surface area contributed by atoms with Crippen molar-refractivity contribution in [3.05, 3.63) is 93.4 Å². The maximum atomic E-state index is 13.0. The number of azide groups is 1. The lowest BCUT2D eigenvalue weighted by Crippen LogP contribution is -2.49. The summed E-state index contributed by atoms with van der Waals surface area (Å²) in [5.74, 6) is -0.377. The number of fused-ring (bicyclic) bond motifs is 3. The predicted octanol–water partition coefficient (Wildman–Crippen LogP) is 6.08. The van der Waals surface area contributed by atoms with Crippen LogP contribution in [-0.4, -0.2) is 52.2 Å². The molecule has 0 radical (unpaired) electrons. The minimum Gasteiger partial charge on any atom is -0.448 e. The highest BCUT2D eigenvalue weighted by Gasteiger charge is 2.30. The van der Waals surface area contributed by atoms with Crippen LogP contribution in [0.3, 0.4) is 0 Å². The van der Waals surface area contributed by atoms with Crippen molar-refractivity contribution in [1.82, 2.24) is 4.90 Å². The Morgan fingerprint density at radius 2 is 1.66 bits per heavy atom. The number of hydrogen-bond donors (Lipinski definition) is 0. The molecule has 9 nitrogen and oxygen atoms in total. The fraction of sp³-hybridized carbons (Fsp3) is 0.296. The second kappa shape index (κ2) is 10.6. The summed E-state index contributed by atoms with van der Waals surface area (Å²) in [5.41, 5.74) is 15.8. The summed E-state index contributed by atoms with van der Waals surface area (Å²) in [6.07, 6.45) is -0.361. The van der Waals surface area contributed by atoms with Crippen molar-refractivity contribution in [2.24, 2.45) is 5.11 Å². The molecule has 0 aromatic heterocycles. The molecule has 3 aromatic carbocycles. The van der Waals surface area contributed by atoms with Crippen molar-refractivity contribution in [1.29, 1.82) is 0 Å². The Kier molecular flexibility index (Phi) is 7.21. The van der Waals surface area contributed by atoms with Gasteiger partial charge in [-0.2, -0.15) is 0 Å². The molecule has 0 spiro atoms. The predicted molar refractivity (Wildman–Crippen MR) is 147 cm³/mol. The van der Waals surface area contributed by atoms with Crippen LogP contribution in [0.25, 0.3) is 21.6 Å². The van der Waals surface area contributed by atoms with Crippen molar-refractivity contribution in [3.63, 3.8) is 0 Å². The van der Waals surface area contributed by atoms with E-state index in [9.17, 15) is 13.2 Å². The van der Waals surface area contributed by atoms with Crippen LogP contribution in [0.2, 0.25) is 0 Å². The Bertz CT molecular complexity index is 1500. The Labute approximate surface area is 225 Å². The molecule has 1 saturated heterocycles. The molecule has 0 N–H and O–H groups in total. The quantitative estimate of drug-likeness (QED) is 0.159. The normalized spacial score (nSPS) is 15.0. The highest BCUT2D eigenvalue weighted by atomic mass is 35.7. The summed E-state index contributed by atoms with van der Waals surface area (Å²) < 4.78 is 29.2. The number of hydrogen-bond acceptors (Lipinski definition) is 6. The van der Waals surface area contributed by atoms with Crippen molar-refractivity contribution in [2.45, 2.75) is 18.6 Å². The van der Waals surface area contributed by atoms with Crippen LogP contribution < -0.4 is 4.90 Å². The Balaban J connectivity index is 1.26. The maximum Gasteiger partial charge on any atom is 0.409 e. The number of nitrogens with zero attached hydrogens (tertiary/aromatic N) is 5. The molecule has 38 heavy (non-hydrogen) atoms. The molecule has 5 rings (SSSR count). The fourth-order valence-corrected chi connectivity index (χ4v) is 6.35. The second-order valence-electron chi connectivity index (χ2n) is 9.40. The lowest BCUT2D eigenvalue weighted by Gasteiger charge is -2.36. The standard InChI is InChI=1S/C27H26ClN5O4S/c1-18-19(17-38(28,35)36)14-20(30-31-29)15-26(18)32-10-12-33(13-11-32)27(34)37-16-25-23-8-4-2-6-21(23)22-7-3-5-9-24(22)25/h2-9,14-15,25H,10-13,16-17H2,1H3. The molecule has 1 aliphatic heterocycles. The summed E-state index contributed by atoms with van der Waals surface area (Å²) in [5, 5.41) is 3.66. The highest BCUT2D eigenvalue weighted by molar-refractivity contribution is 8.13. The summed E-state index contributed by atoms with van der Waals surface area (Å²) in [7, 11) is 1.69. The summed E-state index contributed by atoms with van der Waals surface area (Å²) >= 11 is 0. The topological polar surface area (TPSA) is 116 Å². The van der Waals surface area contributed by atoms with E-state index >= 15 is 0 Å². The zero-order valence-corrected chi connectivity index (χ0v) is 22.3. The van der Waals surface area contributed by atoms with Gasteiger partial charge in [-0.15, -0.1) is 0 Å². The van der Waals surface area contributed by atoms with Gasteiger partial charge in [0.1, 0.15) is 6.61 Å². The molecule has 1 aliphatic carbocycles. The van der Waals surface area contributed by atoms with Crippen molar-refractivity contribution < 1.29 is 17.9 Å². The molecular formula is C27H26ClN5O4S. The van der Waals surface area contributed by atoms with Crippen LogP contribution in [0.4, 0.5) is 16.2 Å². The van der Waals surface area contributed by atoms with E-state index in [1.165, 1.54) is 17.2 Å². The average Bonchev–Trinajstić information content (AvgIpc) is 3.22. The first-order valence-corrected chi connectivity index (χ1v) is 14.7. The number of carbonyl (C=O) groups is 1. The van der Waals surface area contributed by atoms with E-state index in [-0.39, 0.29) is 24.4 Å². The zero-order valence-electron chi connectivity index (χ0n) is 20.7. The minimum absolute atomic E-state index is 0.00431. The van der Waals surface area contributed by atoms with Crippen LogP contribution in [0, 0.1) is 6.92 Å². The van der Waals surface area contributed by atoms with Gasteiger partial charge in [0.2, 0.25) is 9.05 Å².